The van der Waals surface area contributed by atoms with Gasteiger partial charge in [0.1, 0.15) is 5.75 Å². The number of carbonyl (C=O) groups is 1. The highest BCUT2D eigenvalue weighted by Crippen LogP contribution is 2.41. The quantitative estimate of drug-likeness (QED) is 0.190. The molecule has 0 amide bonds. The van der Waals surface area contributed by atoms with Gasteiger partial charge < -0.3 is 9.47 Å². The van der Waals surface area contributed by atoms with E-state index in [4.69, 9.17) is 9.47 Å². The number of rotatable bonds is 9. The van der Waals surface area contributed by atoms with E-state index in [1.165, 1.54) is 12.1 Å². The summed E-state index contributed by atoms with van der Waals surface area (Å²) < 4.78 is 55.5. The van der Waals surface area contributed by atoms with Crippen molar-refractivity contribution in [2.45, 2.75) is 96.3 Å². The number of hydrogen-bond acceptors (Lipinski definition) is 3. The Morgan fingerprint density at radius 3 is 2.00 bits per heavy atom. The first-order valence-electron chi connectivity index (χ1n) is 14.0. The van der Waals surface area contributed by atoms with Crippen molar-refractivity contribution in [3.8, 4) is 11.5 Å². The van der Waals surface area contributed by atoms with Crippen LogP contribution in [-0.4, -0.2) is 12.6 Å². The predicted molar refractivity (Wildman–Crippen MR) is 138 cm³/mol. The van der Waals surface area contributed by atoms with Gasteiger partial charge in [0.05, 0.1) is 12.5 Å². The van der Waals surface area contributed by atoms with Crippen LogP contribution in [0.5, 0.6) is 11.5 Å². The van der Waals surface area contributed by atoms with Crippen molar-refractivity contribution in [3.05, 3.63) is 58.9 Å². The fraction of sp³-hybridized carbons (Fsp3) is 0.581. The molecule has 6 heteroatoms. The van der Waals surface area contributed by atoms with Gasteiger partial charge in [-0.1, -0.05) is 51.7 Å². The zero-order valence-corrected chi connectivity index (χ0v) is 22.0. The SMILES string of the molecule is CCCCCOc1ccc(OC(=O)C2CCC(c3ccc(C4CCC(C)CC4)c(F)c3F)CC2)c(F)c1. The summed E-state index contributed by atoms with van der Waals surface area (Å²) in [6, 6.07) is 7.77. The zero-order valence-electron chi connectivity index (χ0n) is 22.0. The molecular formula is C31H39F3O3. The van der Waals surface area contributed by atoms with Crippen LogP contribution in [0.25, 0.3) is 0 Å². The number of carbonyl (C=O) groups excluding carboxylic acids is 1. The van der Waals surface area contributed by atoms with Crippen molar-refractivity contribution in [2.24, 2.45) is 11.8 Å². The van der Waals surface area contributed by atoms with Gasteiger partial charge in [0.15, 0.2) is 23.2 Å². The maximum atomic E-state index is 15.1. The Hall–Kier alpha value is -2.50. The highest BCUT2D eigenvalue weighted by molar-refractivity contribution is 5.75. The summed E-state index contributed by atoms with van der Waals surface area (Å²) in [4.78, 5) is 12.7. The molecule has 0 heterocycles. The molecule has 2 aromatic rings. The molecule has 0 atom stereocenters. The van der Waals surface area contributed by atoms with E-state index in [1.54, 1.807) is 18.2 Å². The van der Waals surface area contributed by atoms with Crippen LogP contribution in [0.15, 0.2) is 30.3 Å². The van der Waals surface area contributed by atoms with Gasteiger partial charge >= 0.3 is 5.97 Å². The minimum absolute atomic E-state index is 0.0901. The molecule has 2 fully saturated rings. The Kier molecular flexibility index (Phi) is 9.55. The van der Waals surface area contributed by atoms with E-state index in [-0.39, 0.29) is 17.6 Å². The Morgan fingerprint density at radius 1 is 0.838 bits per heavy atom. The molecule has 0 saturated heterocycles. The van der Waals surface area contributed by atoms with Crippen LogP contribution in [0, 0.1) is 29.3 Å². The van der Waals surface area contributed by atoms with E-state index in [0.29, 0.717) is 55.1 Å². The molecule has 37 heavy (non-hydrogen) atoms. The van der Waals surface area contributed by atoms with Crippen LogP contribution in [0.4, 0.5) is 13.2 Å². The second-order valence-corrected chi connectivity index (χ2v) is 10.9. The van der Waals surface area contributed by atoms with Gasteiger partial charge in [0.2, 0.25) is 0 Å². The minimum atomic E-state index is -0.735. The van der Waals surface area contributed by atoms with E-state index < -0.39 is 29.3 Å². The van der Waals surface area contributed by atoms with Crippen molar-refractivity contribution < 1.29 is 27.4 Å². The number of halogens is 3. The van der Waals surface area contributed by atoms with Crippen LogP contribution in [0.1, 0.15) is 107 Å². The topological polar surface area (TPSA) is 35.5 Å². The summed E-state index contributed by atoms with van der Waals surface area (Å²) in [5, 5.41) is 0. The number of hydrogen-bond donors (Lipinski definition) is 0. The molecule has 2 saturated carbocycles. The van der Waals surface area contributed by atoms with Gasteiger partial charge in [-0.3, -0.25) is 4.79 Å². The fourth-order valence-corrected chi connectivity index (χ4v) is 5.81. The first-order valence-corrected chi connectivity index (χ1v) is 14.0. The van der Waals surface area contributed by atoms with Gasteiger partial charge in [-0.15, -0.1) is 0 Å². The second-order valence-electron chi connectivity index (χ2n) is 10.9. The van der Waals surface area contributed by atoms with E-state index in [9.17, 15) is 9.18 Å². The van der Waals surface area contributed by atoms with Crippen molar-refractivity contribution in [3.63, 3.8) is 0 Å². The van der Waals surface area contributed by atoms with Crippen LogP contribution in [-0.2, 0) is 4.79 Å². The molecule has 0 bridgehead atoms. The number of unbranched alkanes of at least 4 members (excludes halogenated alkanes) is 2. The van der Waals surface area contributed by atoms with Crippen molar-refractivity contribution in [1.29, 1.82) is 0 Å². The molecule has 2 aliphatic carbocycles. The standard InChI is InChI=1S/C31H39F3O3/c1-3-4-5-18-36-24-14-17-28(27(32)19-24)37-31(35)23-12-10-22(11-13-23)26-16-15-25(29(33)30(26)34)21-8-6-20(2)7-9-21/h14-17,19-23H,3-13,18H2,1-2H3. The average molecular weight is 517 g/mol. The Morgan fingerprint density at radius 2 is 1.43 bits per heavy atom. The Labute approximate surface area is 218 Å². The molecular weight excluding hydrogens is 477 g/mol. The minimum Gasteiger partial charge on any atom is -0.493 e. The van der Waals surface area contributed by atoms with Crippen LogP contribution in [0.3, 0.4) is 0 Å². The zero-order chi connectivity index (χ0) is 26.4. The lowest BCUT2D eigenvalue weighted by atomic mass is 9.76. The molecule has 0 aromatic heterocycles. The molecule has 0 N–H and O–H groups in total. The summed E-state index contributed by atoms with van der Waals surface area (Å²) in [6.07, 6.45) is 9.03. The number of esters is 1. The number of benzene rings is 2. The Bertz CT molecular complexity index is 1050. The van der Waals surface area contributed by atoms with Crippen molar-refractivity contribution >= 4 is 5.97 Å². The molecule has 0 aliphatic heterocycles. The smallest absolute Gasteiger partial charge is 0.314 e. The lowest BCUT2D eigenvalue weighted by Crippen LogP contribution is -2.26. The summed E-state index contributed by atoms with van der Waals surface area (Å²) in [6.45, 7) is 4.82. The van der Waals surface area contributed by atoms with Gasteiger partial charge in [0.25, 0.3) is 0 Å². The Balaban J connectivity index is 1.31. The van der Waals surface area contributed by atoms with Gasteiger partial charge in [-0.25, -0.2) is 13.2 Å². The summed E-state index contributed by atoms with van der Waals surface area (Å²) >= 11 is 0. The molecule has 202 valence electrons. The van der Waals surface area contributed by atoms with Gasteiger partial charge in [0, 0.05) is 6.07 Å². The molecule has 0 spiro atoms. The molecule has 2 aliphatic rings. The van der Waals surface area contributed by atoms with Crippen LogP contribution in [0.2, 0.25) is 0 Å². The third kappa shape index (κ3) is 6.88. The molecule has 0 unspecified atom stereocenters. The number of ether oxygens (including phenoxy) is 2. The van der Waals surface area contributed by atoms with Gasteiger partial charge in [-0.2, -0.15) is 0 Å². The van der Waals surface area contributed by atoms with E-state index in [0.717, 1.165) is 44.9 Å². The largest absolute Gasteiger partial charge is 0.493 e. The first kappa shape index (κ1) is 27.5. The second kappa shape index (κ2) is 12.8. The molecule has 0 radical (unpaired) electrons. The average Bonchev–Trinajstić information content (AvgIpc) is 2.90. The lowest BCUT2D eigenvalue weighted by Gasteiger charge is -2.29. The van der Waals surface area contributed by atoms with Crippen molar-refractivity contribution in [1.82, 2.24) is 0 Å². The summed E-state index contributed by atoms with van der Waals surface area (Å²) in [5.41, 5.74) is 0.905. The summed E-state index contributed by atoms with van der Waals surface area (Å²) in [5.74, 6) is -2.06. The van der Waals surface area contributed by atoms with Gasteiger partial charge in [-0.05, 0) is 86.0 Å². The maximum Gasteiger partial charge on any atom is 0.314 e. The van der Waals surface area contributed by atoms with E-state index in [2.05, 4.69) is 13.8 Å². The van der Waals surface area contributed by atoms with E-state index >= 15 is 8.78 Å². The predicted octanol–water partition coefficient (Wildman–Crippen LogP) is 8.85. The third-order valence-corrected chi connectivity index (χ3v) is 8.23. The van der Waals surface area contributed by atoms with Crippen LogP contribution < -0.4 is 9.47 Å². The fourth-order valence-electron chi connectivity index (χ4n) is 5.81. The molecule has 2 aromatic carbocycles. The summed E-state index contributed by atoms with van der Waals surface area (Å²) in [7, 11) is 0. The highest BCUT2D eigenvalue weighted by atomic mass is 19.2. The highest BCUT2D eigenvalue weighted by Gasteiger charge is 2.32. The molecule has 4 rings (SSSR count). The maximum absolute atomic E-state index is 15.1. The lowest BCUT2D eigenvalue weighted by molar-refractivity contribution is -0.140. The van der Waals surface area contributed by atoms with E-state index in [1.807, 2.05) is 0 Å². The van der Waals surface area contributed by atoms with Crippen molar-refractivity contribution in [2.75, 3.05) is 6.61 Å². The third-order valence-electron chi connectivity index (χ3n) is 8.23. The first-order chi connectivity index (χ1) is 17.9. The molecule has 3 nitrogen and oxygen atoms in total. The van der Waals surface area contributed by atoms with Crippen LogP contribution >= 0.6 is 0 Å². The normalized spacial score (nSPS) is 24.0. The monoisotopic (exact) mass is 516 g/mol.